The van der Waals surface area contributed by atoms with Gasteiger partial charge in [0.2, 0.25) is 0 Å². The average Bonchev–Trinajstić information content (AvgIpc) is 2.35. The van der Waals surface area contributed by atoms with Gasteiger partial charge in [0.1, 0.15) is 6.29 Å². The van der Waals surface area contributed by atoms with Crippen molar-refractivity contribution in [3.63, 3.8) is 0 Å². The van der Waals surface area contributed by atoms with E-state index < -0.39 is 5.41 Å². The molecule has 0 atom stereocenters. The Hall–Kier alpha value is -0.800. The van der Waals surface area contributed by atoms with E-state index in [0.29, 0.717) is 0 Å². The molecule has 1 N–H and O–H groups in total. The van der Waals surface area contributed by atoms with Gasteiger partial charge in [-0.1, -0.05) is 12.1 Å². The topological polar surface area (TPSA) is 37.3 Å². The van der Waals surface area contributed by atoms with Gasteiger partial charge in [-0.2, -0.15) is 0 Å². The Morgan fingerprint density at radius 3 is 2.76 bits per heavy atom. The number of unbranched alkanes of at least 4 members (excludes halogenated alkanes) is 1. The minimum atomic E-state index is -0.415. The summed E-state index contributed by atoms with van der Waals surface area (Å²) in [4.78, 5) is 12.2. The first-order chi connectivity index (χ1) is 8.10. The van der Waals surface area contributed by atoms with E-state index in [1.54, 1.807) is 11.8 Å². The van der Waals surface area contributed by atoms with E-state index in [1.165, 1.54) is 4.90 Å². The Morgan fingerprint density at radius 1 is 1.35 bits per heavy atom. The van der Waals surface area contributed by atoms with Crippen LogP contribution in [0.1, 0.15) is 32.3 Å². The molecule has 0 fully saturated rings. The van der Waals surface area contributed by atoms with Gasteiger partial charge in [-0.05, 0) is 50.1 Å². The molecule has 0 aliphatic carbocycles. The van der Waals surface area contributed by atoms with Gasteiger partial charge in [0.15, 0.2) is 0 Å². The summed E-state index contributed by atoms with van der Waals surface area (Å²) in [5, 5.41) is 8.70. The van der Waals surface area contributed by atoms with Gasteiger partial charge >= 0.3 is 0 Å². The third-order valence-corrected chi connectivity index (χ3v) is 3.77. The van der Waals surface area contributed by atoms with Crippen molar-refractivity contribution in [2.75, 3.05) is 12.4 Å². The first-order valence-corrected chi connectivity index (χ1v) is 6.89. The molecule has 0 aliphatic rings. The van der Waals surface area contributed by atoms with Crippen LogP contribution in [0.25, 0.3) is 0 Å². The summed E-state index contributed by atoms with van der Waals surface area (Å²) < 4.78 is 0. The SMILES string of the molecule is CC(C)(C=O)c1cccc(SCCCCO)c1. The van der Waals surface area contributed by atoms with Crippen molar-refractivity contribution in [1.29, 1.82) is 0 Å². The molecule has 2 nitrogen and oxygen atoms in total. The Balaban J connectivity index is 2.63. The molecule has 1 aromatic rings. The second-order valence-electron chi connectivity index (χ2n) is 4.65. The molecule has 17 heavy (non-hydrogen) atoms. The Labute approximate surface area is 107 Å². The number of aldehydes is 1. The normalized spacial score (nSPS) is 11.5. The highest BCUT2D eigenvalue weighted by Gasteiger charge is 2.19. The van der Waals surface area contributed by atoms with Gasteiger partial charge < -0.3 is 9.90 Å². The van der Waals surface area contributed by atoms with Crippen molar-refractivity contribution in [3.05, 3.63) is 29.8 Å². The van der Waals surface area contributed by atoms with E-state index in [-0.39, 0.29) is 6.61 Å². The highest BCUT2D eigenvalue weighted by molar-refractivity contribution is 7.99. The highest BCUT2D eigenvalue weighted by Crippen LogP contribution is 2.26. The molecule has 0 amide bonds. The van der Waals surface area contributed by atoms with E-state index in [2.05, 4.69) is 12.1 Å². The fourth-order valence-electron chi connectivity index (χ4n) is 1.46. The molecule has 0 radical (unpaired) electrons. The highest BCUT2D eigenvalue weighted by atomic mass is 32.2. The molecule has 94 valence electrons. The molecule has 0 saturated heterocycles. The van der Waals surface area contributed by atoms with Gasteiger partial charge in [-0.15, -0.1) is 11.8 Å². The predicted molar refractivity (Wildman–Crippen MR) is 72.6 cm³/mol. The Kier molecular flexibility index (Phi) is 5.72. The number of aliphatic hydroxyl groups is 1. The lowest BCUT2D eigenvalue weighted by molar-refractivity contribution is -0.111. The second kappa shape index (κ2) is 6.82. The maximum absolute atomic E-state index is 11.0. The molecule has 0 unspecified atom stereocenters. The first-order valence-electron chi connectivity index (χ1n) is 5.90. The molecule has 0 bridgehead atoms. The summed E-state index contributed by atoms with van der Waals surface area (Å²) in [5.41, 5.74) is 0.640. The van der Waals surface area contributed by atoms with E-state index in [1.807, 2.05) is 26.0 Å². The molecule has 1 rings (SSSR count). The predicted octanol–water partition coefficient (Wildman–Crippen LogP) is 3.03. The molecule has 0 spiro atoms. The lowest BCUT2D eigenvalue weighted by Crippen LogP contribution is -2.18. The molecular formula is C14H20O2S. The van der Waals surface area contributed by atoms with Crippen LogP contribution in [0, 0.1) is 0 Å². The fraction of sp³-hybridized carbons (Fsp3) is 0.500. The van der Waals surface area contributed by atoms with Crippen molar-refractivity contribution in [1.82, 2.24) is 0 Å². The van der Waals surface area contributed by atoms with Gasteiger partial charge in [-0.25, -0.2) is 0 Å². The van der Waals surface area contributed by atoms with E-state index in [4.69, 9.17) is 5.11 Å². The molecule has 0 heterocycles. The lowest BCUT2D eigenvalue weighted by Gasteiger charge is -2.18. The summed E-state index contributed by atoms with van der Waals surface area (Å²) in [5.74, 6) is 1.01. The van der Waals surface area contributed by atoms with Gasteiger partial charge in [0, 0.05) is 16.9 Å². The quantitative estimate of drug-likeness (QED) is 0.460. The minimum absolute atomic E-state index is 0.263. The van der Waals surface area contributed by atoms with Crippen molar-refractivity contribution in [2.45, 2.75) is 37.0 Å². The van der Waals surface area contributed by atoms with Gasteiger partial charge in [0.05, 0.1) is 0 Å². The maximum atomic E-state index is 11.0. The van der Waals surface area contributed by atoms with Crippen molar-refractivity contribution in [2.24, 2.45) is 0 Å². The molecule has 0 aliphatic heterocycles. The molecular weight excluding hydrogens is 232 g/mol. The Bertz CT molecular complexity index is 361. The zero-order chi connectivity index (χ0) is 12.7. The number of carbonyl (C=O) groups is 1. The van der Waals surface area contributed by atoms with Crippen LogP contribution in [0.2, 0.25) is 0 Å². The van der Waals surface area contributed by atoms with E-state index in [0.717, 1.165) is 30.4 Å². The molecule has 1 aromatic carbocycles. The number of thioether (sulfide) groups is 1. The molecule has 0 aromatic heterocycles. The summed E-state index contributed by atoms with van der Waals surface area (Å²) in [6, 6.07) is 8.13. The van der Waals surface area contributed by atoms with Crippen LogP contribution in [0.15, 0.2) is 29.2 Å². The van der Waals surface area contributed by atoms with Crippen LogP contribution < -0.4 is 0 Å². The van der Waals surface area contributed by atoms with Crippen LogP contribution in [0.3, 0.4) is 0 Å². The monoisotopic (exact) mass is 252 g/mol. The van der Waals surface area contributed by atoms with Crippen LogP contribution in [0.5, 0.6) is 0 Å². The first kappa shape index (κ1) is 14.3. The molecule has 0 saturated carbocycles. The third-order valence-electron chi connectivity index (χ3n) is 2.69. The third kappa shape index (κ3) is 4.52. The van der Waals surface area contributed by atoms with Crippen LogP contribution in [-0.4, -0.2) is 23.8 Å². The van der Waals surface area contributed by atoms with E-state index in [9.17, 15) is 4.79 Å². The maximum Gasteiger partial charge on any atom is 0.129 e. The largest absolute Gasteiger partial charge is 0.396 e. The molecule has 3 heteroatoms. The smallest absolute Gasteiger partial charge is 0.129 e. The summed E-state index contributed by atoms with van der Waals surface area (Å²) in [6.45, 7) is 4.11. The lowest BCUT2D eigenvalue weighted by atomic mass is 9.86. The summed E-state index contributed by atoms with van der Waals surface area (Å²) >= 11 is 1.77. The number of hydrogen-bond donors (Lipinski definition) is 1. The van der Waals surface area contributed by atoms with Crippen molar-refractivity contribution in [3.8, 4) is 0 Å². The Morgan fingerprint density at radius 2 is 2.12 bits per heavy atom. The van der Waals surface area contributed by atoms with Crippen molar-refractivity contribution < 1.29 is 9.90 Å². The van der Waals surface area contributed by atoms with Gasteiger partial charge in [-0.3, -0.25) is 0 Å². The zero-order valence-electron chi connectivity index (χ0n) is 10.5. The number of rotatable bonds is 7. The number of hydrogen-bond acceptors (Lipinski definition) is 3. The number of aliphatic hydroxyl groups excluding tert-OH is 1. The summed E-state index contributed by atoms with van der Waals surface area (Å²) in [6.07, 6.45) is 2.86. The van der Waals surface area contributed by atoms with Crippen molar-refractivity contribution >= 4 is 18.0 Å². The average molecular weight is 252 g/mol. The van der Waals surface area contributed by atoms with Crippen LogP contribution in [0.4, 0.5) is 0 Å². The van der Waals surface area contributed by atoms with Crippen LogP contribution >= 0.6 is 11.8 Å². The fourth-order valence-corrected chi connectivity index (χ4v) is 2.43. The number of benzene rings is 1. The minimum Gasteiger partial charge on any atom is -0.396 e. The van der Waals surface area contributed by atoms with Crippen LogP contribution in [-0.2, 0) is 10.2 Å². The number of carbonyl (C=O) groups excluding carboxylic acids is 1. The van der Waals surface area contributed by atoms with Gasteiger partial charge in [0.25, 0.3) is 0 Å². The second-order valence-corrected chi connectivity index (χ2v) is 5.81. The zero-order valence-corrected chi connectivity index (χ0v) is 11.3. The summed E-state index contributed by atoms with van der Waals surface area (Å²) in [7, 11) is 0. The standard InChI is InChI=1S/C14H20O2S/c1-14(2,11-16)12-6-5-7-13(10-12)17-9-4-3-8-15/h5-7,10-11,15H,3-4,8-9H2,1-2H3. The van der Waals surface area contributed by atoms with E-state index >= 15 is 0 Å².